The molecule has 12 heavy (non-hydrogen) atoms. The van der Waals surface area contributed by atoms with Crippen molar-refractivity contribution in [3.8, 4) is 0 Å². The van der Waals surface area contributed by atoms with Crippen molar-refractivity contribution in [1.82, 2.24) is 9.97 Å². The summed E-state index contributed by atoms with van der Waals surface area (Å²) in [7, 11) is 0. The number of nitrogens with zero attached hydrogens (tertiary/aromatic N) is 2. The number of hydrogen-bond donors (Lipinski definition) is 3. The van der Waals surface area contributed by atoms with Crippen molar-refractivity contribution in [2.45, 2.75) is 6.92 Å². The molecule has 6 nitrogen and oxygen atoms in total. The molecular weight excluding hydrogens is 160 g/mol. The van der Waals surface area contributed by atoms with E-state index >= 15 is 0 Å². The zero-order valence-corrected chi connectivity index (χ0v) is 6.40. The molecule has 0 aliphatic carbocycles. The average molecular weight is 168 g/mol. The number of aryl methyl sites for hydroxylation is 1. The first-order valence-electron chi connectivity index (χ1n) is 3.19. The van der Waals surface area contributed by atoms with Gasteiger partial charge in [0.25, 0.3) is 0 Å². The minimum atomic E-state index is -0.517. The zero-order chi connectivity index (χ0) is 9.14. The van der Waals surface area contributed by atoms with E-state index in [1.165, 1.54) is 6.07 Å². The summed E-state index contributed by atoms with van der Waals surface area (Å²) in [5.74, 6) is -0.177. The second-order valence-electron chi connectivity index (χ2n) is 2.24. The Bertz CT molecular complexity index is 368. The molecule has 1 aromatic heterocycles. The number of amidine groups is 1. The number of oxime groups is 1. The molecule has 0 radical (unpaired) electrons. The fourth-order valence-electron chi connectivity index (χ4n) is 0.762. The lowest BCUT2D eigenvalue weighted by atomic mass is 10.3. The van der Waals surface area contributed by atoms with Crippen LogP contribution in [0.2, 0.25) is 0 Å². The highest BCUT2D eigenvalue weighted by Gasteiger charge is 2.01. The Balaban J connectivity index is 3.27. The summed E-state index contributed by atoms with van der Waals surface area (Å²) in [6.45, 7) is 1.68. The van der Waals surface area contributed by atoms with Crippen LogP contribution in [-0.4, -0.2) is 21.0 Å². The maximum Gasteiger partial charge on any atom is 0.345 e. The summed E-state index contributed by atoms with van der Waals surface area (Å²) in [6, 6.07) is 1.51. The molecule has 0 spiro atoms. The molecular formula is C6H8N4O2. The number of aromatic nitrogens is 2. The van der Waals surface area contributed by atoms with Gasteiger partial charge in [-0.2, -0.15) is 4.98 Å². The van der Waals surface area contributed by atoms with Gasteiger partial charge in [-0.25, -0.2) is 4.79 Å². The van der Waals surface area contributed by atoms with Crippen molar-refractivity contribution in [3.05, 3.63) is 27.9 Å². The van der Waals surface area contributed by atoms with Crippen LogP contribution in [-0.2, 0) is 0 Å². The smallest absolute Gasteiger partial charge is 0.345 e. The molecule has 0 fully saturated rings. The van der Waals surface area contributed by atoms with Gasteiger partial charge >= 0.3 is 5.69 Å². The Labute approximate surface area is 67.7 Å². The SMILES string of the molecule is Cc1cc(/C(N)=N/O)nc(=O)[nH]1. The first-order valence-corrected chi connectivity index (χ1v) is 3.19. The monoisotopic (exact) mass is 168 g/mol. The van der Waals surface area contributed by atoms with Gasteiger partial charge in [0, 0.05) is 5.69 Å². The van der Waals surface area contributed by atoms with Gasteiger partial charge in [-0.05, 0) is 13.0 Å². The van der Waals surface area contributed by atoms with Crippen LogP contribution in [0.25, 0.3) is 0 Å². The highest BCUT2D eigenvalue weighted by atomic mass is 16.4. The van der Waals surface area contributed by atoms with Crippen LogP contribution in [0.3, 0.4) is 0 Å². The van der Waals surface area contributed by atoms with Gasteiger partial charge in [0.05, 0.1) is 0 Å². The van der Waals surface area contributed by atoms with E-state index in [2.05, 4.69) is 15.1 Å². The summed E-state index contributed by atoms with van der Waals surface area (Å²) >= 11 is 0. The van der Waals surface area contributed by atoms with Crippen molar-refractivity contribution in [3.63, 3.8) is 0 Å². The predicted octanol–water partition coefficient (Wildman–Crippen LogP) is -0.827. The third-order valence-corrected chi connectivity index (χ3v) is 1.25. The van der Waals surface area contributed by atoms with Crippen LogP contribution >= 0.6 is 0 Å². The van der Waals surface area contributed by atoms with Crippen molar-refractivity contribution in [2.75, 3.05) is 0 Å². The largest absolute Gasteiger partial charge is 0.409 e. The van der Waals surface area contributed by atoms with Gasteiger partial charge in [0.2, 0.25) is 0 Å². The van der Waals surface area contributed by atoms with E-state index in [9.17, 15) is 4.79 Å². The highest BCUT2D eigenvalue weighted by Crippen LogP contribution is 1.92. The minimum Gasteiger partial charge on any atom is -0.409 e. The maximum atomic E-state index is 10.8. The van der Waals surface area contributed by atoms with Crippen molar-refractivity contribution >= 4 is 5.84 Å². The zero-order valence-electron chi connectivity index (χ0n) is 6.40. The summed E-state index contributed by atoms with van der Waals surface area (Å²) in [4.78, 5) is 16.7. The van der Waals surface area contributed by atoms with E-state index in [4.69, 9.17) is 10.9 Å². The van der Waals surface area contributed by atoms with E-state index < -0.39 is 5.69 Å². The van der Waals surface area contributed by atoms with Crippen molar-refractivity contribution < 1.29 is 5.21 Å². The van der Waals surface area contributed by atoms with Crippen molar-refractivity contribution in [2.24, 2.45) is 10.9 Å². The van der Waals surface area contributed by atoms with Crippen LogP contribution in [0.1, 0.15) is 11.4 Å². The quantitative estimate of drug-likeness (QED) is 0.220. The van der Waals surface area contributed by atoms with E-state index in [1.807, 2.05) is 0 Å². The van der Waals surface area contributed by atoms with Gasteiger partial charge < -0.3 is 15.9 Å². The molecule has 0 atom stereocenters. The summed E-state index contributed by atoms with van der Waals surface area (Å²) in [5, 5.41) is 11.0. The van der Waals surface area contributed by atoms with Gasteiger partial charge in [-0.3, -0.25) is 0 Å². The summed E-state index contributed by atoms with van der Waals surface area (Å²) in [6.07, 6.45) is 0. The fourth-order valence-corrected chi connectivity index (χ4v) is 0.762. The number of aromatic amines is 1. The lowest BCUT2D eigenvalue weighted by Crippen LogP contribution is -2.22. The molecule has 1 rings (SSSR count). The van der Waals surface area contributed by atoms with Gasteiger partial charge in [0.1, 0.15) is 5.69 Å². The fraction of sp³-hybridized carbons (Fsp3) is 0.167. The molecule has 1 heterocycles. The Morgan fingerprint density at radius 3 is 3.00 bits per heavy atom. The van der Waals surface area contributed by atoms with Gasteiger partial charge in [0.15, 0.2) is 5.84 Å². The van der Waals surface area contributed by atoms with Crippen LogP contribution in [0.5, 0.6) is 0 Å². The number of nitrogens with two attached hydrogens (primary N) is 1. The molecule has 1 aromatic rings. The summed E-state index contributed by atoms with van der Waals surface area (Å²) in [5.41, 5.74) is 5.47. The molecule has 0 amide bonds. The van der Waals surface area contributed by atoms with E-state index in [0.29, 0.717) is 5.69 Å². The highest BCUT2D eigenvalue weighted by molar-refractivity contribution is 5.95. The molecule has 0 saturated heterocycles. The van der Waals surface area contributed by atoms with Crippen LogP contribution < -0.4 is 11.4 Å². The molecule has 0 bridgehead atoms. The van der Waals surface area contributed by atoms with Crippen LogP contribution in [0.4, 0.5) is 0 Å². The maximum absolute atomic E-state index is 10.8. The molecule has 0 aliphatic rings. The van der Waals surface area contributed by atoms with Crippen LogP contribution in [0.15, 0.2) is 16.0 Å². The van der Waals surface area contributed by atoms with Crippen molar-refractivity contribution in [1.29, 1.82) is 0 Å². The standard InChI is InChI=1S/C6H8N4O2/c1-3-2-4(5(7)10-12)9-6(11)8-3/h2,12H,1H3,(H2,7,10)(H,8,9,11). The third kappa shape index (κ3) is 1.60. The first kappa shape index (κ1) is 8.25. The second kappa shape index (κ2) is 3.04. The third-order valence-electron chi connectivity index (χ3n) is 1.25. The van der Waals surface area contributed by atoms with Gasteiger partial charge in [-0.1, -0.05) is 5.16 Å². The number of hydrogen-bond acceptors (Lipinski definition) is 4. The molecule has 64 valence electrons. The molecule has 4 N–H and O–H groups in total. The Morgan fingerprint density at radius 1 is 1.83 bits per heavy atom. The molecule has 6 heteroatoms. The Hall–Kier alpha value is -1.85. The first-order chi connectivity index (χ1) is 5.63. The normalized spacial score (nSPS) is 11.6. The number of rotatable bonds is 1. The predicted molar refractivity (Wildman–Crippen MR) is 42.1 cm³/mol. The van der Waals surface area contributed by atoms with E-state index in [1.54, 1.807) is 6.92 Å². The summed E-state index contributed by atoms with van der Waals surface area (Å²) < 4.78 is 0. The lowest BCUT2D eigenvalue weighted by molar-refractivity contribution is 0.318. The number of H-pyrrole nitrogens is 1. The van der Waals surface area contributed by atoms with Gasteiger partial charge in [-0.15, -0.1) is 0 Å². The molecule has 0 aliphatic heterocycles. The van der Waals surface area contributed by atoms with Crippen LogP contribution in [0, 0.1) is 6.92 Å². The second-order valence-corrected chi connectivity index (χ2v) is 2.24. The Kier molecular flexibility index (Phi) is 2.09. The van der Waals surface area contributed by atoms with E-state index in [-0.39, 0.29) is 11.5 Å². The average Bonchev–Trinajstić information content (AvgIpc) is 2.01. The minimum absolute atomic E-state index is 0.166. The molecule has 0 unspecified atom stereocenters. The van der Waals surface area contributed by atoms with E-state index in [0.717, 1.165) is 0 Å². The molecule has 0 saturated carbocycles. The molecule has 0 aromatic carbocycles. The topological polar surface area (TPSA) is 104 Å². The number of nitrogens with one attached hydrogen (secondary N) is 1. The Morgan fingerprint density at radius 2 is 2.50 bits per heavy atom. The lowest BCUT2D eigenvalue weighted by Gasteiger charge is -1.96.